The molecule has 0 aliphatic carbocycles. The molecule has 0 atom stereocenters. The molecule has 0 heterocycles. The van der Waals surface area contributed by atoms with E-state index in [1.165, 1.54) is 0 Å². The van der Waals surface area contributed by atoms with Gasteiger partial charge in [0.15, 0.2) is 0 Å². The molecule has 0 bridgehead atoms. The zero-order valence-corrected chi connectivity index (χ0v) is 9.04. The predicted octanol–water partition coefficient (Wildman–Crippen LogP) is -1.40. The minimum Gasteiger partial charge on any atom is -0.372 e. The van der Waals surface area contributed by atoms with Gasteiger partial charge in [0.05, 0.1) is 6.54 Å². The van der Waals surface area contributed by atoms with Crippen LogP contribution in [0.4, 0.5) is 0 Å². The second-order valence-electron chi connectivity index (χ2n) is 2.97. The van der Waals surface area contributed by atoms with Gasteiger partial charge in [-0.1, -0.05) is 6.92 Å². The van der Waals surface area contributed by atoms with Crippen molar-refractivity contribution in [2.45, 2.75) is 13.3 Å². The van der Waals surface area contributed by atoms with Crippen LogP contribution in [0.2, 0.25) is 0 Å². The van der Waals surface area contributed by atoms with E-state index in [4.69, 9.17) is 10.5 Å². The van der Waals surface area contributed by atoms with Crippen LogP contribution in [0.25, 0.3) is 0 Å². The van der Waals surface area contributed by atoms with Crippen molar-refractivity contribution in [2.75, 3.05) is 32.8 Å². The first-order valence-corrected chi connectivity index (χ1v) is 5.02. The SMILES string of the molecule is CCCOCC(=O)NCC(=O)NCCN. The Bertz CT molecular complexity index is 197. The average molecular weight is 217 g/mol. The van der Waals surface area contributed by atoms with E-state index < -0.39 is 0 Å². The quantitative estimate of drug-likeness (QED) is 0.436. The molecule has 0 saturated carbocycles. The van der Waals surface area contributed by atoms with Gasteiger partial charge in [-0.2, -0.15) is 0 Å². The van der Waals surface area contributed by atoms with Crippen LogP contribution < -0.4 is 16.4 Å². The van der Waals surface area contributed by atoms with E-state index in [-0.39, 0.29) is 25.0 Å². The third kappa shape index (κ3) is 9.17. The maximum Gasteiger partial charge on any atom is 0.246 e. The van der Waals surface area contributed by atoms with Crippen LogP contribution in [-0.4, -0.2) is 44.7 Å². The fourth-order valence-corrected chi connectivity index (χ4v) is 0.813. The summed E-state index contributed by atoms with van der Waals surface area (Å²) in [4.78, 5) is 22.1. The molecule has 6 heteroatoms. The Morgan fingerprint density at radius 3 is 2.60 bits per heavy atom. The molecule has 2 amide bonds. The van der Waals surface area contributed by atoms with Crippen molar-refractivity contribution in [2.24, 2.45) is 5.73 Å². The van der Waals surface area contributed by atoms with Gasteiger partial charge in [0, 0.05) is 19.7 Å². The molecular weight excluding hydrogens is 198 g/mol. The molecule has 0 aliphatic heterocycles. The monoisotopic (exact) mass is 217 g/mol. The van der Waals surface area contributed by atoms with Gasteiger partial charge in [-0.25, -0.2) is 0 Å². The highest BCUT2D eigenvalue weighted by atomic mass is 16.5. The van der Waals surface area contributed by atoms with Gasteiger partial charge < -0.3 is 21.1 Å². The first-order chi connectivity index (χ1) is 7.20. The van der Waals surface area contributed by atoms with E-state index in [0.29, 0.717) is 19.7 Å². The molecule has 0 radical (unpaired) electrons. The zero-order valence-electron chi connectivity index (χ0n) is 9.04. The Labute approximate surface area is 89.5 Å². The van der Waals surface area contributed by atoms with Crippen LogP contribution in [0.3, 0.4) is 0 Å². The topological polar surface area (TPSA) is 93.4 Å². The van der Waals surface area contributed by atoms with E-state index in [1.807, 2.05) is 6.92 Å². The summed E-state index contributed by atoms with van der Waals surface area (Å²) < 4.78 is 4.99. The smallest absolute Gasteiger partial charge is 0.246 e. The Morgan fingerprint density at radius 1 is 1.27 bits per heavy atom. The van der Waals surface area contributed by atoms with E-state index in [1.54, 1.807) is 0 Å². The molecule has 4 N–H and O–H groups in total. The molecule has 0 aromatic heterocycles. The summed E-state index contributed by atoms with van der Waals surface area (Å²) in [7, 11) is 0. The van der Waals surface area contributed by atoms with Crippen LogP contribution in [0.15, 0.2) is 0 Å². The number of hydrogen-bond acceptors (Lipinski definition) is 4. The largest absolute Gasteiger partial charge is 0.372 e. The van der Waals surface area contributed by atoms with Gasteiger partial charge in [-0.3, -0.25) is 9.59 Å². The van der Waals surface area contributed by atoms with Crippen LogP contribution in [0.1, 0.15) is 13.3 Å². The lowest BCUT2D eigenvalue weighted by atomic mass is 10.5. The normalized spacial score (nSPS) is 9.73. The molecule has 0 spiro atoms. The molecule has 0 fully saturated rings. The molecule has 88 valence electrons. The molecule has 0 aromatic rings. The zero-order chi connectivity index (χ0) is 11.5. The second-order valence-corrected chi connectivity index (χ2v) is 2.97. The third-order valence-electron chi connectivity index (χ3n) is 1.49. The number of nitrogens with two attached hydrogens (primary N) is 1. The van der Waals surface area contributed by atoms with Crippen LogP contribution in [-0.2, 0) is 14.3 Å². The summed E-state index contributed by atoms with van der Waals surface area (Å²) in [5.74, 6) is -0.532. The Balaban J connectivity index is 3.40. The summed E-state index contributed by atoms with van der Waals surface area (Å²) in [6.45, 7) is 3.28. The number of hydrogen-bond donors (Lipinski definition) is 3. The Hall–Kier alpha value is -1.14. The Morgan fingerprint density at radius 2 is 2.00 bits per heavy atom. The number of carbonyl (C=O) groups is 2. The molecular formula is C9H19N3O3. The molecule has 0 aliphatic rings. The number of rotatable bonds is 8. The van der Waals surface area contributed by atoms with Gasteiger partial charge in [-0.15, -0.1) is 0 Å². The number of ether oxygens (including phenoxy) is 1. The summed E-state index contributed by atoms with van der Waals surface area (Å²) in [5.41, 5.74) is 5.19. The lowest BCUT2D eigenvalue weighted by Crippen LogP contribution is -2.40. The maximum absolute atomic E-state index is 11.1. The van der Waals surface area contributed by atoms with Crippen molar-refractivity contribution in [3.8, 4) is 0 Å². The minimum atomic E-state index is -0.286. The standard InChI is InChI=1S/C9H19N3O3/c1-2-5-15-7-9(14)12-6-8(13)11-4-3-10/h2-7,10H2,1H3,(H,11,13)(H,12,14). The number of nitrogens with one attached hydrogen (secondary N) is 2. The van der Waals surface area contributed by atoms with Crippen LogP contribution in [0.5, 0.6) is 0 Å². The maximum atomic E-state index is 11.1. The highest BCUT2D eigenvalue weighted by molar-refractivity contribution is 5.85. The van der Waals surface area contributed by atoms with Crippen molar-refractivity contribution in [3.05, 3.63) is 0 Å². The van der Waals surface area contributed by atoms with Gasteiger partial charge in [-0.05, 0) is 6.42 Å². The van der Waals surface area contributed by atoms with E-state index in [2.05, 4.69) is 10.6 Å². The van der Waals surface area contributed by atoms with Gasteiger partial charge in [0.2, 0.25) is 11.8 Å². The summed E-state index contributed by atoms with van der Waals surface area (Å²) >= 11 is 0. The van der Waals surface area contributed by atoms with Crippen molar-refractivity contribution < 1.29 is 14.3 Å². The summed E-state index contributed by atoms with van der Waals surface area (Å²) in [6.07, 6.45) is 0.865. The van der Waals surface area contributed by atoms with E-state index in [9.17, 15) is 9.59 Å². The van der Waals surface area contributed by atoms with Crippen molar-refractivity contribution in [1.82, 2.24) is 10.6 Å². The van der Waals surface area contributed by atoms with E-state index >= 15 is 0 Å². The van der Waals surface area contributed by atoms with Crippen molar-refractivity contribution in [3.63, 3.8) is 0 Å². The van der Waals surface area contributed by atoms with Gasteiger partial charge in [0.25, 0.3) is 0 Å². The fraction of sp³-hybridized carbons (Fsp3) is 0.778. The average Bonchev–Trinajstić information content (AvgIpc) is 2.24. The van der Waals surface area contributed by atoms with Crippen LogP contribution >= 0.6 is 0 Å². The molecule has 0 rings (SSSR count). The lowest BCUT2D eigenvalue weighted by Gasteiger charge is -2.06. The van der Waals surface area contributed by atoms with Crippen molar-refractivity contribution in [1.29, 1.82) is 0 Å². The molecule has 0 unspecified atom stereocenters. The first kappa shape index (κ1) is 13.9. The molecule has 15 heavy (non-hydrogen) atoms. The molecule has 0 saturated heterocycles. The van der Waals surface area contributed by atoms with Gasteiger partial charge >= 0.3 is 0 Å². The molecule has 6 nitrogen and oxygen atoms in total. The molecule has 0 aromatic carbocycles. The predicted molar refractivity (Wildman–Crippen MR) is 56.2 cm³/mol. The summed E-state index contributed by atoms with van der Waals surface area (Å²) in [6, 6.07) is 0. The summed E-state index contributed by atoms with van der Waals surface area (Å²) in [5, 5.41) is 4.97. The first-order valence-electron chi connectivity index (χ1n) is 5.02. The Kier molecular flexibility index (Phi) is 8.70. The minimum absolute atomic E-state index is 0.00198. The van der Waals surface area contributed by atoms with Crippen molar-refractivity contribution >= 4 is 11.8 Å². The number of carbonyl (C=O) groups excluding carboxylic acids is 2. The second kappa shape index (κ2) is 9.42. The highest BCUT2D eigenvalue weighted by Crippen LogP contribution is 1.79. The lowest BCUT2D eigenvalue weighted by molar-refractivity contribution is -0.129. The van der Waals surface area contributed by atoms with E-state index in [0.717, 1.165) is 6.42 Å². The third-order valence-corrected chi connectivity index (χ3v) is 1.49. The highest BCUT2D eigenvalue weighted by Gasteiger charge is 2.04. The number of amides is 2. The van der Waals surface area contributed by atoms with Gasteiger partial charge in [0.1, 0.15) is 6.61 Å². The fourth-order valence-electron chi connectivity index (χ4n) is 0.813. The van der Waals surface area contributed by atoms with Crippen LogP contribution in [0, 0.1) is 0 Å².